The molecule has 13 heavy (non-hydrogen) atoms. The van der Waals surface area contributed by atoms with E-state index < -0.39 is 9.73 Å². The fourth-order valence-electron chi connectivity index (χ4n) is 1.40. The molecule has 0 saturated heterocycles. The van der Waals surface area contributed by atoms with Gasteiger partial charge >= 0.3 is 0 Å². The van der Waals surface area contributed by atoms with Crippen molar-refractivity contribution >= 4 is 21.3 Å². The Bertz CT molecular complexity index is 414. The van der Waals surface area contributed by atoms with E-state index in [0.717, 1.165) is 11.1 Å². The van der Waals surface area contributed by atoms with E-state index in [9.17, 15) is 4.21 Å². The third kappa shape index (κ3) is 2.23. The average Bonchev–Trinajstić information content (AvgIpc) is 1.78. The van der Waals surface area contributed by atoms with Gasteiger partial charge < -0.3 is 0 Å². The molecule has 0 amide bonds. The van der Waals surface area contributed by atoms with Crippen molar-refractivity contribution in [1.29, 1.82) is 4.78 Å². The van der Waals surface area contributed by atoms with Crippen molar-refractivity contribution in [1.82, 2.24) is 0 Å². The Labute approximate surface area is 83.9 Å². The summed E-state index contributed by atoms with van der Waals surface area (Å²) in [5.74, 6) is 0. The summed E-state index contributed by atoms with van der Waals surface area (Å²) >= 11 is 5.92. The summed E-state index contributed by atoms with van der Waals surface area (Å²) in [5, 5.41) is 0.431. The maximum absolute atomic E-state index is 11.5. The van der Waals surface area contributed by atoms with Gasteiger partial charge in [0.15, 0.2) is 0 Å². The van der Waals surface area contributed by atoms with Gasteiger partial charge in [-0.25, -0.2) is 8.99 Å². The van der Waals surface area contributed by atoms with Crippen molar-refractivity contribution in [2.75, 3.05) is 6.26 Å². The normalized spacial score (nSPS) is 15.4. The average molecular weight is 218 g/mol. The van der Waals surface area contributed by atoms with E-state index >= 15 is 0 Å². The van der Waals surface area contributed by atoms with Gasteiger partial charge in [0.05, 0.1) is 19.6 Å². The summed E-state index contributed by atoms with van der Waals surface area (Å²) < 4.78 is 19.0. The Balaban J connectivity index is 3.57. The summed E-state index contributed by atoms with van der Waals surface area (Å²) in [5.41, 5.74) is 1.85. The van der Waals surface area contributed by atoms with Crippen molar-refractivity contribution in [3.63, 3.8) is 0 Å². The highest BCUT2D eigenvalue weighted by Gasteiger charge is 2.12. The van der Waals surface area contributed by atoms with Crippen molar-refractivity contribution in [2.45, 2.75) is 18.7 Å². The van der Waals surface area contributed by atoms with Crippen molar-refractivity contribution < 1.29 is 4.21 Å². The molecule has 0 bridgehead atoms. The topological polar surface area (TPSA) is 40.9 Å². The molecule has 1 atom stereocenters. The molecule has 0 aromatic heterocycles. The lowest BCUT2D eigenvalue weighted by atomic mass is 10.2. The molecule has 1 aromatic carbocycles. The molecule has 1 aromatic rings. The van der Waals surface area contributed by atoms with Gasteiger partial charge in [-0.05, 0) is 31.0 Å². The quantitative estimate of drug-likeness (QED) is 0.772. The zero-order valence-corrected chi connectivity index (χ0v) is 9.42. The first kappa shape index (κ1) is 10.5. The van der Waals surface area contributed by atoms with E-state index in [4.69, 9.17) is 16.4 Å². The molecule has 0 aliphatic carbocycles. The summed E-state index contributed by atoms with van der Waals surface area (Å²) in [6.45, 7) is 3.75. The second-order valence-electron chi connectivity index (χ2n) is 3.24. The highest BCUT2D eigenvalue weighted by Crippen LogP contribution is 2.26. The first-order valence-corrected chi connectivity index (χ1v) is 6.17. The standard InChI is InChI=1S/C9H12ClNOS/c1-6-4-7(2)9(8(10)5-6)13(3,11)12/h4-5,11H,1-3H3. The molecule has 0 aliphatic heterocycles. The van der Waals surface area contributed by atoms with Crippen LogP contribution >= 0.6 is 11.6 Å². The molecule has 0 radical (unpaired) electrons. The molecule has 1 unspecified atom stereocenters. The lowest BCUT2D eigenvalue weighted by Crippen LogP contribution is -1.99. The van der Waals surface area contributed by atoms with E-state index in [0.29, 0.717) is 9.92 Å². The molecular weight excluding hydrogens is 206 g/mol. The summed E-state index contributed by atoms with van der Waals surface area (Å²) in [6, 6.07) is 3.63. The van der Waals surface area contributed by atoms with Crippen LogP contribution in [0.4, 0.5) is 0 Å². The number of halogens is 1. The Kier molecular flexibility index (Phi) is 2.68. The van der Waals surface area contributed by atoms with Crippen LogP contribution < -0.4 is 0 Å². The molecule has 4 heteroatoms. The lowest BCUT2D eigenvalue weighted by Gasteiger charge is -2.09. The molecule has 2 nitrogen and oxygen atoms in total. The molecule has 0 saturated carbocycles. The monoisotopic (exact) mass is 217 g/mol. The number of aryl methyl sites for hydroxylation is 2. The first-order valence-electron chi connectivity index (χ1n) is 3.83. The minimum atomic E-state index is -2.71. The van der Waals surface area contributed by atoms with Crippen molar-refractivity contribution in [3.8, 4) is 0 Å². The van der Waals surface area contributed by atoms with Gasteiger partial charge in [0.25, 0.3) is 0 Å². The molecular formula is C9H12ClNOS. The van der Waals surface area contributed by atoms with E-state index in [1.54, 1.807) is 6.07 Å². The minimum Gasteiger partial charge on any atom is -0.249 e. The van der Waals surface area contributed by atoms with E-state index in [1.165, 1.54) is 6.26 Å². The molecule has 72 valence electrons. The summed E-state index contributed by atoms with van der Waals surface area (Å²) in [7, 11) is -2.71. The zero-order chi connectivity index (χ0) is 10.2. The maximum Gasteiger partial charge on any atom is 0.0714 e. The SMILES string of the molecule is Cc1cc(C)c(S(C)(=N)=O)c(Cl)c1. The van der Waals surface area contributed by atoms with Crippen LogP contribution in [0.3, 0.4) is 0 Å². The Morgan fingerprint density at radius 2 is 1.92 bits per heavy atom. The first-order chi connectivity index (χ1) is 5.82. The minimum absolute atomic E-state index is 0.431. The van der Waals surface area contributed by atoms with E-state index in [2.05, 4.69) is 0 Å². The predicted molar refractivity (Wildman–Crippen MR) is 56.0 cm³/mol. The van der Waals surface area contributed by atoms with Crippen LogP contribution in [-0.4, -0.2) is 10.5 Å². The van der Waals surface area contributed by atoms with Crippen LogP contribution in [0.15, 0.2) is 17.0 Å². The van der Waals surface area contributed by atoms with Gasteiger partial charge in [0.1, 0.15) is 0 Å². The van der Waals surface area contributed by atoms with Crippen LogP contribution in [0.1, 0.15) is 11.1 Å². The fraction of sp³-hybridized carbons (Fsp3) is 0.333. The smallest absolute Gasteiger partial charge is 0.0714 e. The van der Waals surface area contributed by atoms with Gasteiger partial charge in [-0.1, -0.05) is 17.7 Å². The number of nitrogens with one attached hydrogen (secondary N) is 1. The molecule has 0 heterocycles. The number of rotatable bonds is 1. The van der Waals surface area contributed by atoms with Crippen LogP contribution in [0.5, 0.6) is 0 Å². The molecule has 0 fully saturated rings. The van der Waals surface area contributed by atoms with E-state index in [-0.39, 0.29) is 0 Å². The van der Waals surface area contributed by atoms with E-state index in [1.807, 2.05) is 19.9 Å². The van der Waals surface area contributed by atoms with Gasteiger partial charge in [0, 0.05) is 6.26 Å². The Hall–Kier alpha value is -0.540. The van der Waals surface area contributed by atoms with Crippen molar-refractivity contribution in [2.24, 2.45) is 0 Å². The fourth-order valence-corrected chi connectivity index (χ4v) is 3.26. The van der Waals surface area contributed by atoms with Crippen LogP contribution in [0, 0.1) is 18.6 Å². The largest absolute Gasteiger partial charge is 0.249 e. The Morgan fingerprint density at radius 1 is 1.38 bits per heavy atom. The molecule has 0 aliphatic rings. The van der Waals surface area contributed by atoms with Gasteiger partial charge in [0.2, 0.25) is 0 Å². The van der Waals surface area contributed by atoms with Crippen LogP contribution in [0.2, 0.25) is 5.02 Å². The number of hydrogen-bond donors (Lipinski definition) is 1. The molecule has 1 N–H and O–H groups in total. The highest BCUT2D eigenvalue weighted by atomic mass is 35.5. The number of benzene rings is 1. The molecule has 1 rings (SSSR count). The van der Waals surface area contributed by atoms with Crippen molar-refractivity contribution in [3.05, 3.63) is 28.3 Å². The zero-order valence-electron chi connectivity index (χ0n) is 7.85. The van der Waals surface area contributed by atoms with Gasteiger partial charge in [-0.2, -0.15) is 0 Å². The predicted octanol–water partition coefficient (Wildman–Crippen LogP) is 2.99. The third-order valence-corrected chi connectivity index (χ3v) is 3.49. The van der Waals surface area contributed by atoms with Gasteiger partial charge in [-0.3, -0.25) is 0 Å². The number of hydrogen-bond acceptors (Lipinski definition) is 2. The second-order valence-corrected chi connectivity index (χ2v) is 5.74. The van der Waals surface area contributed by atoms with Gasteiger partial charge in [-0.15, -0.1) is 0 Å². The maximum atomic E-state index is 11.5. The second kappa shape index (κ2) is 3.31. The summed E-state index contributed by atoms with van der Waals surface area (Å²) in [6.07, 6.45) is 1.39. The highest BCUT2D eigenvalue weighted by molar-refractivity contribution is 7.91. The third-order valence-electron chi connectivity index (χ3n) is 1.76. The molecule has 0 spiro atoms. The van der Waals surface area contributed by atoms with Crippen LogP contribution in [-0.2, 0) is 9.73 Å². The van der Waals surface area contributed by atoms with Crippen LogP contribution in [0.25, 0.3) is 0 Å². The summed E-state index contributed by atoms with van der Waals surface area (Å²) in [4.78, 5) is 0.458. The Morgan fingerprint density at radius 3 is 2.31 bits per heavy atom. The lowest BCUT2D eigenvalue weighted by molar-refractivity contribution is 0.678.